The first-order valence-corrected chi connectivity index (χ1v) is 8.36. The number of pyridine rings is 1. The minimum atomic E-state index is -0.243. The maximum absolute atomic E-state index is 12.6. The average molecular weight is 364 g/mol. The van der Waals surface area contributed by atoms with Gasteiger partial charge in [0.2, 0.25) is 0 Å². The van der Waals surface area contributed by atoms with Crippen LogP contribution in [0, 0.1) is 0 Å². The van der Waals surface area contributed by atoms with Crippen molar-refractivity contribution in [3.63, 3.8) is 0 Å². The van der Waals surface area contributed by atoms with Crippen LogP contribution in [0.25, 0.3) is 16.9 Å². The second-order valence-corrected chi connectivity index (χ2v) is 6.05. The average Bonchev–Trinajstić information content (AvgIpc) is 3.12. The van der Waals surface area contributed by atoms with Gasteiger partial charge in [0.05, 0.1) is 11.9 Å². The van der Waals surface area contributed by atoms with E-state index in [1.165, 1.54) is 6.20 Å². The lowest BCUT2D eigenvalue weighted by Gasteiger charge is -2.07. The van der Waals surface area contributed by atoms with Crippen LogP contribution < -0.4 is 5.32 Å². The Morgan fingerprint density at radius 1 is 1.08 bits per heavy atom. The minimum absolute atomic E-state index is 0.243. The van der Waals surface area contributed by atoms with Crippen LogP contribution in [0.5, 0.6) is 0 Å². The Morgan fingerprint density at radius 2 is 1.96 bits per heavy atom. The molecule has 0 saturated carbocycles. The number of nitrogens with one attached hydrogen (secondary N) is 1. The van der Waals surface area contributed by atoms with Gasteiger partial charge in [0, 0.05) is 35.7 Å². The lowest BCUT2D eigenvalue weighted by Crippen LogP contribution is -2.22. The van der Waals surface area contributed by atoms with Crippen molar-refractivity contribution in [3.8, 4) is 11.3 Å². The van der Waals surface area contributed by atoms with Gasteiger partial charge in [0.1, 0.15) is 5.56 Å². The third kappa shape index (κ3) is 3.02. The highest BCUT2D eigenvalue weighted by molar-refractivity contribution is 6.33. The smallest absolute Gasteiger partial charge is 0.257 e. The van der Waals surface area contributed by atoms with E-state index < -0.39 is 0 Å². The summed E-state index contributed by atoms with van der Waals surface area (Å²) in [5.41, 5.74) is 3.40. The molecule has 0 spiro atoms. The highest BCUT2D eigenvalue weighted by atomic mass is 35.5. The maximum atomic E-state index is 12.6. The van der Waals surface area contributed by atoms with Crippen molar-refractivity contribution < 1.29 is 4.79 Å². The van der Waals surface area contributed by atoms with Gasteiger partial charge in [0.15, 0.2) is 5.65 Å². The fourth-order valence-electron chi connectivity index (χ4n) is 2.70. The highest BCUT2D eigenvalue weighted by Gasteiger charge is 2.16. The summed E-state index contributed by atoms with van der Waals surface area (Å²) < 4.78 is 1.63. The highest BCUT2D eigenvalue weighted by Crippen LogP contribution is 2.27. The number of carbonyl (C=O) groups excluding carboxylic acids is 1. The third-order valence-corrected chi connectivity index (χ3v) is 4.30. The van der Waals surface area contributed by atoms with Crippen LogP contribution in [0.1, 0.15) is 15.9 Å². The number of fused-ring (bicyclic) bond motifs is 1. The predicted molar refractivity (Wildman–Crippen MR) is 98.8 cm³/mol. The molecular weight excluding hydrogens is 350 g/mol. The van der Waals surface area contributed by atoms with Gasteiger partial charge in [-0.05, 0) is 23.8 Å². The first kappa shape index (κ1) is 16.2. The molecule has 0 aliphatic rings. The third-order valence-electron chi connectivity index (χ3n) is 3.97. The lowest BCUT2D eigenvalue weighted by molar-refractivity contribution is 0.0952. The molecule has 26 heavy (non-hydrogen) atoms. The molecule has 4 rings (SSSR count). The van der Waals surface area contributed by atoms with Crippen LogP contribution in [0.15, 0.2) is 67.3 Å². The number of aromatic nitrogens is 4. The zero-order valence-electron chi connectivity index (χ0n) is 13.6. The largest absolute Gasteiger partial charge is 0.348 e. The second-order valence-electron chi connectivity index (χ2n) is 5.65. The van der Waals surface area contributed by atoms with Crippen LogP contribution >= 0.6 is 11.6 Å². The van der Waals surface area contributed by atoms with E-state index in [4.69, 9.17) is 11.6 Å². The molecule has 0 aliphatic heterocycles. The molecule has 128 valence electrons. The van der Waals surface area contributed by atoms with Crippen molar-refractivity contribution in [1.82, 2.24) is 24.9 Å². The van der Waals surface area contributed by atoms with Crippen LogP contribution in [0.4, 0.5) is 0 Å². The number of benzene rings is 1. The molecule has 7 heteroatoms. The molecule has 3 heterocycles. The Morgan fingerprint density at radius 3 is 2.77 bits per heavy atom. The van der Waals surface area contributed by atoms with E-state index >= 15 is 0 Å². The lowest BCUT2D eigenvalue weighted by atomic mass is 10.1. The zero-order chi connectivity index (χ0) is 17.9. The van der Waals surface area contributed by atoms with Gasteiger partial charge in [-0.1, -0.05) is 35.9 Å². The van der Waals surface area contributed by atoms with Gasteiger partial charge >= 0.3 is 0 Å². The summed E-state index contributed by atoms with van der Waals surface area (Å²) in [7, 11) is 0. The van der Waals surface area contributed by atoms with E-state index in [1.54, 1.807) is 23.1 Å². The molecule has 4 aromatic rings. The van der Waals surface area contributed by atoms with Gasteiger partial charge < -0.3 is 5.32 Å². The zero-order valence-corrected chi connectivity index (χ0v) is 14.4. The summed E-state index contributed by atoms with van der Waals surface area (Å²) in [5, 5.41) is 7.81. The van der Waals surface area contributed by atoms with Gasteiger partial charge in [-0.15, -0.1) is 0 Å². The van der Waals surface area contributed by atoms with Gasteiger partial charge in [-0.2, -0.15) is 5.10 Å². The van der Waals surface area contributed by atoms with Crippen molar-refractivity contribution in [3.05, 3.63) is 83.4 Å². The number of carbonyl (C=O) groups is 1. The topological polar surface area (TPSA) is 72.2 Å². The molecular formula is C19H14ClN5O. The minimum Gasteiger partial charge on any atom is -0.348 e. The standard InChI is InChI=1S/C19H14ClN5O/c20-16-6-2-1-5-14(16)17-7-9-22-18-15(12-24-25(17)18)19(26)23-11-13-4-3-8-21-10-13/h1-10,12H,11H2,(H,23,26). The van der Waals surface area contributed by atoms with Crippen LogP contribution in [0.3, 0.4) is 0 Å². The monoisotopic (exact) mass is 363 g/mol. The molecule has 1 aromatic carbocycles. The quantitative estimate of drug-likeness (QED) is 0.603. The Kier molecular flexibility index (Phi) is 4.33. The predicted octanol–water partition coefficient (Wildman–Crippen LogP) is 3.37. The molecule has 0 unspecified atom stereocenters. The number of nitrogens with zero attached hydrogens (tertiary/aromatic N) is 4. The number of rotatable bonds is 4. The van der Waals surface area contributed by atoms with Crippen LogP contribution in [-0.2, 0) is 6.54 Å². The van der Waals surface area contributed by atoms with Crippen molar-refractivity contribution in [1.29, 1.82) is 0 Å². The Bertz CT molecular complexity index is 1080. The molecule has 3 aromatic heterocycles. The van der Waals surface area contributed by atoms with Crippen molar-refractivity contribution in [2.45, 2.75) is 6.54 Å². The maximum Gasteiger partial charge on any atom is 0.257 e. The molecule has 6 nitrogen and oxygen atoms in total. The molecule has 1 N–H and O–H groups in total. The first-order chi connectivity index (χ1) is 12.7. The summed E-state index contributed by atoms with van der Waals surface area (Å²) in [6.45, 7) is 0.383. The molecule has 0 atom stereocenters. The van der Waals surface area contributed by atoms with Crippen molar-refractivity contribution in [2.24, 2.45) is 0 Å². The van der Waals surface area contributed by atoms with Gasteiger partial charge in [-0.25, -0.2) is 9.50 Å². The molecule has 0 radical (unpaired) electrons. The van der Waals surface area contributed by atoms with E-state index in [-0.39, 0.29) is 5.91 Å². The van der Waals surface area contributed by atoms with Crippen LogP contribution in [0.2, 0.25) is 5.02 Å². The molecule has 0 fully saturated rings. The van der Waals surface area contributed by atoms with Crippen LogP contribution in [-0.4, -0.2) is 25.5 Å². The molecule has 0 aliphatic carbocycles. The summed E-state index contributed by atoms with van der Waals surface area (Å²) in [6, 6.07) is 13.0. The summed E-state index contributed by atoms with van der Waals surface area (Å²) in [5.74, 6) is -0.243. The van der Waals surface area contributed by atoms with E-state index in [1.807, 2.05) is 42.5 Å². The van der Waals surface area contributed by atoms with Gasteiger partial charge in [0.25, 0.3) is 5.91 Å². The normalized spacial score (nSPS) is 10.8. The summed E-state index contributed by atoms with van der Waals surface area (Å²) in [4.78, 5) is 20.9. The van der Waals surface area contributed by atoms with Crippen molar-refractivity contribution in [2.75, 3.05) is 0 Å². The molecule has 0 saturated heterocycles. The molecule has 1 amide bonds. The fourth-order valence-corrected chi connectivity index (χ4v) is 2.94. The number of halogens is 1. The first-order valence-electron chi connectivity index (χ1n) is 7.99. The van der Waals surface area contributed by atoms with E-state index in [0.717, 1.165) is 16.8 Å². The summed E-state index contributed by atoms with van der Waals surface area (Å²) >= 11 is 6.30. The Balaban J connectivity index is 1.66. The van der Waals surface area contributed by atoms with Crippen molar-refractivity contribution >= 4 is 23.2 Å². The Hall–Kier alpha value is -3.25. The van der Waals surface area contributed by atoms with E-state index in [0.29, 0.717) is 22.8 Å². The van der Waals surface area contributed by atoms with Gasteiger partial charge in [-0.3, -0.25) is 9.78 Å². The second kappa shape index (κ2) is 6.93. The number of amides is 1. The number of hydrogen-bond acceptors (Lipinski definition) is 4. The SMILES string of the molecule is O=C(NCc1cccnc1)c1cnn2c(-c3ccccc3Cl)ccnc12. The van der Waals surface area contributed by atoms with E-state index in [9.17, 15) is 4.79 Å². The Labute approximate surface area is 154 Å². The fraction of sp³-hybridized carbons (Fsp3) is 0.0526. The molecule has 0 bridgehead atoms. The summed E-state index contributed by atoms with van der Waals surface area (Å²) in [6.07, 6.45) is 6.57. The number of hydrogen-bond donors (Lipinski definition) is 1. The van der Waals surface area contributed by atoms with E-state index in [2.05, 4.69) is 20.4 Å².